The normalized spacial score (nSPS) is 14.3. The molecule has 18 heavy (non-hydrogen) atoms. The number of nitrogens with zero attached hydrogens (tertiary/aromatic N) is 1. The Balaban J connectivity index is 2.06. The summed E-state index contributed by atoms with van der Waals surface area (Å²) in [5.41, 5.74) is 6.62. The third kappa shape index (κ3) is 3.01. The zero-order chi connectivity index (χ0) is 13.1. The Morgan fingerprint density at radius 2 is 1.89 bits per heavy atom. The van der Waals surface area contributed by atoms with Gasteiger partial charge < -0.3 is 10.6 Å². The van der Waals surface area contributed by atoms with Gasteiger partial charge in [-0.1, -0.05) is 12.1 Å². The number of benzene rings is 1. The maximum atomic E-state index is 11.7. The van der Waals surface area contributed by atoms with Crippen molar-refractivity contribution in [2.75, 3.05) is 5.88 Å². The van der Waals surface area contributed by atoms with Crippen LogP contribution in [0.2, 0.25) is 0 Å². The number of carbonyl (C=O) groups is 2. The first-order valence-electron chi connectivity index (χ1n) is 5.86. The molecule has 0 atom stereocenters. The van der Waals surface area contributed by atoms with Gasteiger partial charge in [0.15, 0.2) is 0 Å². The van der Waals surface area contributed by atoms with Crippen LogP contribution in [0.5, 0.6) is 0 Å². The van der Waals surface area contributed by atoms with E-state index in [-0.39, 0.29) is 11.8 Å². The van der Waals surface area contributed by atoms with Crippen LogP contribution in [0.1, 0.15) is 28.8 Å². The molecule has 1 aromatic carbocycles. The molecule has 2 rings (SSSR count). The summed E-state index contributed by atoms with van der Waals surface area (Å²) in [4.78, 5) is 24.4. The summed E-state index contributed by atoms with van der Waals surface area (Å²) in [6.07, 6.45) is 2.09. The fourth-order valence-electron chi connectivity index (χ4n) is 1.85. The van der Waals surface area contributed by atoms with Crippen LogP contribution in [0.25, 0.3) is 0 Å². The van der Waals surface area contributed by atoms with Crippen molar-refractivity contribution in [3.05, 3.63) is 35.4 Å². The molecule has 96 valence electrons. The predicted octanol–water partition coefficient (Wildman–Crippen LogP) is 1.52. The van der Waals surface area contributed by atoms with E-state index in [2.05, 4.69) is 0 Å². The van der Waals surface area contributed by atoms with Gasteiger partial charge in [-0.25, -0.2) is 0 Å². The van der Waals surface area contributed by atoms with Gasteiger partial charge in [0.1, 0.15) is 5.88 Å². The Morgan fingerprint density at radius 1 is 1.28 bits per heavy atom. The van der Waals surface area contributed by atoms with Crippen molar-refractivity contribution in [3.8, 4) is 0 Å². The second-order valence-corrected chi connectivity index (χ2v) is 4.71. The lowest BCUT2D eigenvalue weighted by Crippen LogP contribution is -2.33. The molecule has 1 aromatic rings. The number of amides is 2. The van der Waals surface area contributed by atoms with Gasteiger partial charge in [-0.2, -0.15) is 0 Å². The highest BCUT2D eigenvalue weighted by Gasteiger charge is 2.31. The van der Waals surface area contributed by atoms with E-state index in [0.717, 1.165) is 18.4 Å². The second kappa shape index (κ2) is 5.40. The van der Waals surface area contributed by atoms with Crippen LogP contribution < -0.4 is 5.73 Å². The standard InChI is InChI=1S/C13H15ClN2O2/c14-7-12(17)16(11-5-6-11)8-9-1-3-10(4-2-9)13(15)18/h1-4,11H,5-8H2,(H2,15,18). The van der Waals surface area contributed by atoms with Gasteiger partial charge in [0.2, 0.25) is 11.8 Å². The van der Waals surface area contributed by atoms with Crippen molar-refractivity contribution in [2.45, 2.75) is 25.4 Å². The molecule has 0 aromatic heterocycles. The molecule has 1 saturated carbocycles. The molecule has 2 amide bonds. The van der Waals surface area contributed by atoms with Crippen molar-refractivity contribution < 1.29 is 9.59 Å². The highest BCUT2D eigenvalue weighted by molar-refractivity contribution is 6.27. The number of hydrogen-bond donors (Lipinski definition) is 1. The van der Waals surface area contributed by atoms with Gasteiger partial charge in [-0.05, 0) is 30.5 Å². The lowest BCUT2D eigenvalue weighted by molar-refractivity contribution is -0.129. The third-order valence-electron chi connectivity index (χ3n) is 3.01. The minimum Gasteiger partial charge on any atom is -0.366 e. The van der Waals surface area contributed by atoms with E-state index in [1.165, 1.54) is 0 Å². The van der Waals surface area contributed by atoms with Gasteiger partial charge in [0.05, 0.1) is 0 Å². The number of carbonyl (C=O) groups excluding carboxylic acids is 2. The van der Waals surface area contributed by atoms with E-state index < -0.39 is 5.91 Å². The maximum absolute atomic E-state index is 11.7. The molecule has 1 fully saturated rings. The largest absolute Gasteiger partial charge is 0.366 e. The van der Waals surface area contributed by atoms with E-state index in [1.54, 1.807) is 17.0 Å². The van der Waals surface area contributed by atoms with Crippen molar-refractivity contribution >= 4 is 23.4 Å². The summed E-state index contributed by atoms with van der Waals surface area (Å²) in [7, 11) is 0. The maximum Gasteiger partial charge on any atom is 0.248 e. The molecule has 2 N–H and O–H groups in total. The predicted molar refractivity (Wildman–Crippen MR) is 69.3 cm³/mol. The molecule has 0 aliphatic heterocycles. The van der Waals surface area contributed by atoms with Gasteiger partial charge in [0, 0.05) is 18.2 Å². The number of nitrogens with two attached hydrogens (primary N) is 1. The van der Waals surface area contributed by atoms with Crippen LogP contribution in [-0.2, 0) is 11.3 Å². The first-order valence-corrected chi connectivity index (χ1v) is 6.39. The molecule has 0 bridgehead atoms. The SMILES string of the molecule is NC(=O)c1ccc(CN(C(=O)CCl)C2CC2)cc1. The highest BCUT2D eigenvalue weighted by atomic mass is 35.5. The Labute approximate surface area is 111 Å². The lowest BCUT2D eigenvalue weighted by atomic mass is 10.1. The third-order valence-corrected chi connectivity index (χ3v) is 3.24. The Hall–Kier alpha value is -1.55. The summed E-state index contributed by atoms with van der Waals surface area (Å²) in [6, 6.07) is 7.31. The average Bonchev–Trinajstić information content (AvgIpc) is 3.20. The summed E-state index contributed by atoms with van der Waals surface area (Å²) in [6.45, 7) is 0.537. The monoisotopic (exact) mass is 266 g/mol. The van der Waals surface area contributed by atoms with E-state index in [0.29, 0.717) is 18.2 Å². The molecule has 0 saturated heterocycles. The van der Waals surface area contributed by atoms with E-state index in [9.17, 15) is 9.59 Å². The highest BCUT2D eigenvalue weighted by Crippen LogP contribution is 2.28. The van der Waals surface area contributed by atoms with Crippen molar-refractivity contribution in [3.63, 3.8) is 0 Å². The van der Waals surface area contributed by atoms with E-state index >= 15 is 0 Å². The van der Waals surface area contributed by atoms with Crippen LogP contribution in [-0.4, -0.2) is 28.6 Å². The van der Waals surface area contributed by atoms with Gasteiger partial charge in [-0.15, -0.1) is 11.6 Å². The van der Waals surface area contributed by atoms with Gasteiger partial charge in [0.25, 0.3) is 0 Å². The molecular weight excluding hydrogens is 252 g/mol. The Bertz CT molecular complexity index is 455. The molecular formula is C13H15ClN2O2. The van der Waals surface area contributed by atoms with Crippen LogP contribution in [0, 0.1) is 0 Å². The van der Waals surface area contributed by atoms with Gasteiger partial charge in [-0.3, -0.25) is 9.59 Å². The minimum atomic E-state index is -0.447. The summed E-state index contributed by atoms with van der Waals surface area (Å²) in [5, 5.41) is 0. The van der Waals surface area contributed by atoms with E-state index in [4.69, 9.17) is 17.3 Å². The fourth-order valence-corrected chi connectivity index (χ4v) is 2.01. The Kier molecular flexibility index (Phi) is 3.87. The first-order chi connectivity index (χ1) is 8.61. The smallest absolute Gasteiger partial charge is 0.248 e. The number of primary amides is 1. The first kappa shape index (κ1) is 12.9. The zero-order valence-electron chi connectivity index (χ0n) is 9.93. The summed E-state index contributed by atoms with van der Waals surface area (Å²) < 4.78 is 0. The number of rotatable bonds is 5. The summed E-state index contributed by atoms with van der Waals surface area (Å²) >= 11 is 5.60. The number of hydrogen-bond acceptors (Lipinski definition) is 2. The number of alkyl halides is 1. The molecule has 0 spiro atoms. The Morgan fingerprint density at radius 3 is 2.33 bits per heavy atom. The van der Waals surface area contributed by atoms with Crippen molar-refractivity contribution in [2.24, 2.45) is 5.73 Å². The number of halogens is 1. The van der Waals surface area contributed by atoms with Crippen LogP contribution >= 0.6 is 11.6 Å². The fraction of sp³-hybridized carbons (Fsp3) is 0.385. The molecule has 0 heterocycles. The summed E-state index contributed by atoms with van der Waals surface area (Å²) in [5.74, 6) is -0.480. The van der Waals surface area contributed by atoms with Crippen LogP contribution in [0.15, 0.2) is 24.3 Å². The van der Waals surface area contributed by atoms with E-state index in [1.807, 2.05) is 12.1 Å². The molecule has 4 nitrogen and oxygen atoms in total. The zero-order valence-corrected chi connectivity index (χ0v) is 10.7. The molecule has 0 unspecified atom stereocenters. The quantitative estimate of drug-likeness (QED) is 0.821. The van der Waals surface area contributed by atoms with Crippen molar-refractivity contribution in [1.82, 2.24) is 4.90 Å². The van der Waals surface area contributed by atoms with Crippen LogP contribution in [0.4, 0.5) is 0 Å². The average molecular weight is 267 g/mol. The molecule has 1 aliphatic rings. The lowest BCUT2D eigenvalue weighted by Gasteiger charge is -2.21. The van der Waals surface area contributed by atoms with Crippen LogP contribution in [0.3, 0.4) is 0 Å². The topological polar surface area (TPSA) is 63.4 Å². The molecule has 5 heteroatoms. The molecule has 0 radical (unpaired) electrons. The minimum absolute atomic E-state index is 0.00979. The second-order valence-electron chi connectivity index (χ2n) is 4.45. The van der Waals surface area contributed by atoms with Gasteiger partial charge >= 0.3 is 0 Å². The molecule has 1 aliphatic carbocycles. The van der Waals surface area contributed by atoms with Crippen molar-refractivity contribution in [1.29, 1.82) is 0 Å².